The molecular formula is C25H29FN8O2. The van der Waals surface area contributed by atoms with Gasteiger partial charge in [-0.2, -0.15) is 0 Å². The topological polar surface area (TPSA) is 118 Å². The van der Waals surface area contributed by atoms with Crippen LogP contribution in [0.4, 0.5) is 15.0 Å². The lowest BCUT2D eigenvalue weighted by atomic mass is 9.96. The molecule has 3 aromatic rings. The average molecular weight is 493 g/mol. The summed E-state index contributed by atoms with van der Waals surface area (Å²) in [5.41, 5.74) is 1.98. The molecule has 2 aromatic heterocycles. The van der Waals surface area contributed by atoms with E-state index >= 15 is 0 Å². The van der Waals surface area contributed by atoms with Gasteiger partial charge in [-0.05, 0) is 78.9 Å². The lowest BCUT2D eigenvalue weighted by Crippen LogP contribution is -2.46. The summed E-state index contributed by atoms with van der Waals surface area (Å²) in [5, 5.41) is 17.5. The number of amides is 3. The number of halogens is 1. The molecule has 1 aromatic carbocycles. The summed E-state index contributed by atoms with van der Waals surface area (Å²) in [5.74, 6) is -0.492. The van der Waals surface area contributed by atoms with Gasteiger partial charge in [0.05, 0.1) is 11.6 Å². The number of fused-ring (bicyclic) bond motifs is 1. The molecule has 0 atom stereocenters. The number of carbonyl (C=O) groups is 2. The van der Waals surface area contributed by atoms with Gasteiger partial charge in [0, 0.05) is 19.1 Å². The minimum atomic E-state index is -0.615. The van der Waals surface area contributed by atoms with E-state index in [1.165, 1.54) is 12.1 Å². The molecule has 0 unspecified atom stereocenters. The fourth-order valence-electron chi connectivity index (χ4n) is 4.79. The highest BCUT2D eigenvalue weighted by atomic mass is 19.1. The lowest BCUT2D eigenvalue weighted by Gasteiger charge is -2.30. The molecule has 11 heteroatoms. The van der Waals surface area contributed by atoms with E-state index in [1.807, 2.05) is 13.8 Å². The zero-order valence-electron chi connectivity index (χ0n) is 20.4. The predicted molar refractivity (Wildman–Crippen MR) is 131 cm³/mol. The molecule has 5 rings (SSSR count). The molecule has 1 fully saturated rings. The van der Waals surface area contributed by atoms with E-state index in [-0.39, 0.29) is 29.5 Å². The number of carbonyl (C=O) groups excluding carboxylic acids is 2. The van der Waals surface area contributed by atoms with Crippen molar-refractivity contribution in [1.29, 1.82) is 0 Å². The monoisotopic (exact) mass is 492 g/mol. The van der Waals surface area contributed by atoms with E-state index in [0.717, 1.165) is 36.8 Å². The number of tetrazole rings is 1. The van der Waals surface area contributed by atoms with Crippen molar-refractivity contribution in [3.63, 3.8) is 0 Å². The molecule has 3 heterocycles. The van der Waals surface area contributed by atoms with Gasteiger partial charge in [0.25, 0.3) is 5.91 Å². The van der Waals surface area contributed by atoms with Crippen LogP contribution in [0.15, 0.2) is 30.3 Å². The molecule has 10 nitrogen and oxygen atoms in total. The van der Waals surface area contributed by atoms with Crippen molar-refractivity contribution in [2.24, 2.45) is 0 Å². The van der Waals surface area contributed by atoms with Gasteiger partial charge in [0.15, 0.2) is 0 Å². The van der Waals surface area contributed by atoms with Gasteiger partial charge in [-0.3, -0.25) is 4.79 Å². The van der Waals surface area contributed by atoms with Gasteiger partial charge >= 0.3 is 6.03 Å². The van der Waals surface area contributed by atoms with Crippen LogP contribution in [-0.2, 0) is 13.0 Å². The second-order valence-corrected chi connectivity index (χ2v) is 9.61. The summed E-state index contributed by atoms with van der Waals surface area (Å²) in [6.45, 7) is 4.75. The Morgan fingerprint density at radius 1 is 1.14 bits per heavy atom. The molecule has 188 valence electrons. The van der Waals surface area contributed by atoms with E-state index in [4.69, 9.17) is 0 Å². The second-order valence-electron chi connectivity index (χ2n) is 9.61. The number of aromatic nitrogens is 5. The van der Waals surface area contributed by atoms with Gasteiger partial charge in [0.2, 0.25) is 5.82 Å². The fourth-order valence-corrected chi connectivity index (χ4v) is 4.79. The highest BCUT2D eigenvalue weighted by molar-refractivity contribution is 6.04. The summed E-state index contributed by atoms with van der Waals surface area (Å²) >= 11 is 0. The van der Waals surface area contributed by atoms with Gasteiger partial charge in [-0.25, -0.2) is 18.9 Å². The summed E-state index contributed by atoms with van der Waals surface area (Å²) in [6, 6.07) is 8.17. The van der Waals surface area contributed by atoms with Crippen LogP contribution in [0.5, 0.6) is 0 Å². The molecule has 1 saturated carbocycles. The van der Waals surface area contributed by atoms with Crippen LogP contribution in [0.3, 0.4) is 0 Å². The average Bonchev–Trinajstić information content (AvgIpc) is 3.56. The Kier molecular flexibility index (Phi) is 6.62. The molecule has 1 aliphatic heterocycles. The first kappa shape index (κ1) is 23.8. The number of rotatable bonds is 5. The molecule has 2 N–H and O–H groups in total. The number of nitrogens with zero attached hydrogens (tertiary/aromatic N) is 6. The Morgan fingerprint density at radius 2 is 1.94 bits per heavy atom. The van der Waals surface area contributed by atoms with Crippen LogP contribution in [0.1, 0.15) is 67.1 Å². The molecule has 0 bridgehead atoms. The zero-order valence-corrected chi connectivity index (χ0v) is 20.4. The van der Waals surface area contributed by atoms with Gasteiger partial charge in [-0.1, -0.05) is 18.9 Å². The second kappa shape index (κ2) is 10.00. The number of hydrogen-bond acceptors (Lipinski definition) is 6. The predicted octanol–water partition coefficient (Wildman–Crippen LogP) is 3.72. The minimum Gasteiger partial charge on any atom is -0.335 e. The van der Waals surface area contributed by atoms with Crippen molar-refractivity contribution >= 4 is 17.8 Å². The van der Waals surface area contributed by atoms with Crippen molar-refractivity contribution in [1.82, 2.24) is 35.4 Å². The molecule has 0 spiro atoms. The van der Waals surface area contributed by atoms with Crippen molar-refractivity contribution < 1.29 is 14.0 Å². The Bertz CT molecular complexity index is 1280. The smallest absolute Gasteiger partial charge is 0.317 e. The van der Waals surface area contributed by atoms with Crippen LogP contribution in [0.2, 0.25) is 0 Å². The lowest BCUT2D eigenvalue weighted by molar-refractivity contribution is 0.102. The fraction of sp³-hybridized carbons (Fsp3) is 0.440. The number of benzene rings is 1. The number of pyridine rings is 1. The maximum absolute atomic E-state index is 14.9. The van der Waals surface area contributed by atoms with Gasteiger partial charge in [-0.15, -0.1) is 5.10 Å². The van der Waals surface area contributed by atoms with Crippen LogP contribution < -0.4 is 10.6 Å². The maximum atomic E-state index is 14.9. The van der Waals surface area contributed by atoms with Crippen LogP contribution in [0, 0.1) is 5.82 Å². The van der Waals surface area contributed by atoms with E-state index in [0.29, 0.717) is 31.0 Å². The van der Waals surface area contributed by atoms with Gasteiger partial charge < -0.3 is 15.5 Å². The maximum Gasteiger partial charge on any atom is 0.317 e. The van der Waals surface area contributed by atoms with Crippen molar-refractivity contribution in [2.45, 2.75) is 64.6 Å². The van der Waals surface area contributed by atoms with Gasteiger partial charge in [0.1, 0.15) is 17.3 Å². The third-order valence-electron chi connectivity index (χ3n) is 6.72. The summed E-state index contributed by atoms with van der Waals surface area (Å²) in [4.78, 5) is 31.9. The molecule has 36 heavy (non-hydrogen) atoms. The third kappa shape index (κ3) is 4.91. The van der Waals surface area contributed by atoms with Crippen LogP contribution >= 0.6 is 0 Å². The first-order valence-corrected chi connectivity index (χ1v) is 12.3. The Labute approximate surface area is 208 Å². The minimum absolute atomic E-state index is 0.0273. The summed E-state index contributed by atoms with van der Waals surface area (Å²) in [7, 11) is 0. The molecule has 3 amide bonds. The van der Waals surface area contributed by atoms with Crippen molar-refractivity contribution in [3.8, 4) is 11.5 Å². The summed E-state index contributed by atoms with van der Waals surface area (Å²) in [6.07, 6.45) is 4.83. The molecule has 1 aliphatic carbocycles. The van der Waals surface area contributed by atoms with E-state index < -0.39 is 11.7 Å². The van der Waals surface area contributed by atoms with Crippen LogP contribution in [0.25, 0.3) is 11.5 Å². The molecular weight excluding hydrogens is 463 g/mol. The largest absolute Gasteiger partial charge is 0.335 e. The number of hydrogen-bond donors (Lipinski definition) is 2. The Balaban J connectivity index is 1.32. The molecule has 0 saturated heterocycles. The highest BCUT2D eigenvalue weighted by Gasteiger charge is 2.26. The van der Waals surface area contributed by atoms with Crippen molar-refractivity contribution in [3.05, 3.63) is 52.8 Å². The number of urea groups is 1. The molecule has 0 radical (unpaired) electrons. The summed E-state index contributed by atoms with van der Waals surface area (Å²) < 4.78 is 16.5. The van der Waals surface area contributed by atoms with Crippen molar-refractivity contribution in [2.75, 3.05) is 11.9 Å². The van der Waals surface area contributed by atoms with E-state index in [1.54, 1.807) is 27.8 Å². The first-order chi connectivity index (χ1) is 17.4. The normalized spacial score (nSPS) is 15.7. The third-order valence-corrected chi connectivity index (χ3v) is 6.72. The molecule has 2 aliphatic rings. The quantitative estimate of drug-likeness (QED) is 0.561. The highest BCUT2D eigenvalue weighted by Crippen LogP contribution is 2.25. The van der Waals surface area contributed by atoms with E-state index in [2.05, 4.69) is 31.1 Å². The number of nitrogens with one attached hydrogen (secondary N) is 2. The number of anilines is 1. The standard InChI is InChI=1S/C25H29FN8O2/c1-15(2)34-23(30-31-32-34)21-8-5-9-22(28-21)29-24(35)19-12-17-14-33(11-10-16(17)13-20(19)26)25(36)27-18-6-3-4-7-18/h5,8-9,12-13,15,18H,3-4,6-7,10-11,14H2,1-2H3,(H,27,36)(H,28,29,35). The first-order valence-electron chi connectivity index (χ1n) is 12.3. The van der Waals surface area contributed by atoms with E-state index in [9.17, 15) is 14.0 Å². The van der Waals surface area contributed by atoms with Crippen LogP contribution in [-0.4, -0.2) is 54.6 Å². The Hall–Kier alpha value is -3.89. The Morgan fingerprint density at radius 3 is 2.72 bits per heavy atom. The SMILES string of the molecule is CC(C)n1nnnc1-c1cccc(NC(=O)c2cc3c(cc2F)CCN(C(=O)NC2CCCC2)C3)n1. The zero-order chi connectivity index (χ0) is 25.2.